The molecule has 0 N–H and O–H groups in total. The summed E-state index contributed by atoms with van der Waals surface area (Å²) in [5.41, 5.74) is 9.86. The number of rotatable bonds is 4. The van der Waals surface area contributed by atoms with Gasteiger partial charge in [-0.05, 0) is 82.6 Å². The number of allylic oxidation sites excluding steroid dienone is 4. The lowest BCUT2D eigenvalue weighted by atomic mass is 9.83. The molecule has 0 aliphatic rings. The Morgan fingerprint density at radius 1 is 0.587 bits per heavy atom. The maximum Gasteiger partial charge on any atom is 0.143 e. The fourth-order valence-electron chi connectivity index (χ4n) is 7.62. The minimum absolute atomic E-state index is 0.887. The fraction of sp³-hybridized carbons (Fsp3) is 0.0909. The Bertz CT molecular complexity index is 2690. The molecule has 2 heterocycles. The molecular weight excluding hydrogens is 560 g/mol. The van der Waals surface area contributed by atoms with Crippen LogP contribution in [0.5, 0.6) is 0 Å². The van der Waals surface area contributed by atoms with Gasteiger partial charge in [0.1, 0.15) is 22.3 Å². The molecule has 0 fully saturated rings. The van der Waals surface area contributed by atoms with Crippen LogP contribution >= 0.6 is 0 Å². The zero-order valence-electron chi connectivity index (χ0n) is 26.1. The predicted molar refractivity (Wildman–Crippen MR) is 197 cm³/mol. The van der Waals surface area contributed by atoms with E-state index in [1.807, 2.05) is 6.07 Å². The van der Waals surface area contributed by atoms with E-state index in [1.165, 1.54) is 54.6 Å². The van der Waals surface area contributed by atoms with Crippen molar-refractivity contribution in [1.29, 1.82) is 0 Å². The van der Waals surface area contributed by atoms with E-state index in [0.717, 1.165) is 55.9 Å². The average molecular weight is 593 g/mol. The van der Waals surface area contributed by atoms with Crippen LogP contribution in [0.4, 0.5) is 0 Å². The first-order valence-corrected chi connectivity index (χ1v) is 16.1. The Morgan fingerprint density at radius 3 is 1.78 bits per heavy atom. The summed E-state index contributed by atoms with van der Waals surface area (Å²) in [5, 5.41) is 11.8. The van der Waals surface area contributed by atoms with Crippen LogP contribution in [0.2, 0.25) is 0 Å². The molecule has 9 aromatic rings. The molecule has 0 aliphatic heterocycles. The lowest BCUT2D eigenvalue weighted by molar-refractivity contribution is 0.669. The normalized spacial score (nSPS) is 13.0. The lowest BCUT2D eigenvalue weighted by Gasteiger charge is -2.20. The summed E-state index contributed by atoms with van der Waals surface area (Å²) in [6.07, 6.45) is 5.43. The van der Waals surface area contributed by atoms with Crippen molar-refractivity contribution < 1.29 is 8.83 Å². The highest BCUT2D eigenvalue weighted by Gasteiger charge is 2.24. The molecule has 9 rings (SSSR count). The number of benzene rings is 7. The summed E-state index contributed by atoms with van der Waals surface area (Å²) in [5.74, 6) is 0. The number of furan rings is 2. The van der Waals surface area contributed by atoms with Gasteiger partial charge < -0.3 is 8.83 Å². The van der Waals surface area contributed by atoms with Gasteiger partial charge in [0.15, 0.2) is 0 Å². The van der Waals surface area contributed by atoms with Crippen LogP contribution in [-0.4, -0.2) is 0 Å². The lowest BCUT2D eigenvalue weighted by Crippen LogP contribution is -1.95. The van der Waals surface area contributed by atoms with Crippen molar-refractivity contribution in [2.75, 3.05) is 0 Å². The maximum absolute atomic E-state index is 6.90. The third-order valence-electron chi connectivity index (χ3n) is 9.76. The number of hydrogen-bond acceptors (Lipinski definition) is 2. The quantitative estimate of drug-likeness (QED) is 0.150. The molecule has 0 aliphatic carbocycles. The Labute approximate surface area is 266 Å². The molecule has 0 bridgehead atoms. The second kappa shape index (κ2) is 10.2. The highest BCUT2D eigenvalue weighted by Crippen LogP contribution is 2.49. The van der Waals surface area contributed by atoms with E-state index in [-0.39, 0.29) is 0 Å². The van der Waals surface area contributed by atoms with E-state index in [4.69, 9.17) is 8.83 Å². The van der Waals surface area contributed by atoms with E-state index in [2.05, 4.69) is 142 Å². The van der Waals surface area contributed by atoms with E-state index < -0.39 is 0 Å². The maximum atomic E-state index is 6.90. The molecule has 0 spiro atoms. The standard InChI is InChI=1S/C44H32O2/c1-4-14-28(26(3)5-2)40-29-15-6-8-17-31(29)41(32-18-9-7-16-30(32)40)35-25-27-23-24-38-42(33-19-10-12-21-36(33)45-38)39(27)43-34-20-11-13-22-37(34)46-44(35)43/h4,6-25H,5H2,1-3H3/b14-4-,28-26-. The molecule has 0 radical (unpaired) electrons. The molecule has 0 saturated heterocycles. The molecule has 46 heavy (non-hydrogen) atoms. The number of fused-ring (bicyclic) bond motifs is 11. The molecule has 7 aromatic carbocycles. The van der Waals surface area contributed by atoms with Crippen molar-refractivity contribution >= 4 is 81.8 Å². The van der Waals surface area contributed by atoms with Gasteiger partial charge in [0.2, 0.25) is 0 Å². The van der Waals surface area contributed by atoms with Gasteiger partial charge in [-0.15, -0.1) is 0 Å². The van der Waals surface area contributed by atoms with Crippen molar-refractivity contribution in [3.8, 4) is 11.1 Å². The summed E-state index contributed by atoms with van der Waals surface area (Å²) in [7, 11) is 0. The SMILES string of the molecule is C/C=C\C(=C(/C)CC)c1c2ccccc2c(-c2cc3ccc4oc5ccccc5c4c3c3c2oc2ccccc23)c2ccccc12. The van der Waals surface area contributed by atoms with Gasteiger partial charge in [-0.2, -0.15) is 0 Å². The Kier molecular flexibility index (Phi) is 5.95. The molecule has 2 heteroatoms. The van der Waals surface area contributed by atoms with Crippen LogP contribution in [-0.2, 0) is 0 Å². The van der Waals surface area contributed by atoms with Crippen molar-refractivity contribution in [3.63, 3.8) is 0 Å². The molecule has 2 nitrogen and oxygen atoms in total. The molecule has 220 valence electrons. The van der Waals surface area contributed by atoms with E-state index >= 15 is 0 Å². The molecule has 0 amide bonds. The molecule has 0 atom stereocenters. The summed E-state index contributed by atoms with van der Waals surface area (Å²) >= 11 is 0. The van der Waals surface area contributed by atoms with Crippen LogP contribution < -0.4 is 0 Å². The van der Waals surface area contributed by atoms with Crippen LogP contribution in [0, 0.1) is 0 Å². The third-order valence-corrected chi connectivity index (χ3v) is 9.76. The minimum Gasteiger partial charge on any atom is -0.456 e. The van der Waals surface area contributed by atoms with Crippen LogP contribution in [0.15, 0.2) is 142 Å². The smallest absolute Gasteiger partial charge is 0.143 e. The molecule has 0 saturated carbocycles. The minimum atomic E-state index is 0.887. The van der Waals surface area contributed by atoms with Gasteiger partial charge in [-0.25, -0.2) is 0 Å². The summed E-state index contributed by atoms with van der Waals surface area (Å²) in [4.78, 5) is 0. The zero-order chi connectivity index (χ0) is 30.9. The molecule has 0 unspecified atom stereocenters. The molecule has 2 aromatic heterocycles. The Balaban J connectivity index is 1.52. The monoisotopic (exact) mass is 592 g/mol. The Hall–Kier alpha value is -5.60. The van der Waals surface area contributed by atoms with Crippen molar-refractivity contribution in [1.82, 2.24) is 0 Å². The van der Waals surface area contributed by atoms with E-state index in [9.17, 15) is 0 Å². The summed E-state index contributed by atoms with van der Waals surface area (Å²) in [6, 6.07) is 41.2. The van der Waals surface area contributed by atoms with Crippen molar-refractivity contribution in [2.24, 2.45) is 0 Å². The van der Waals surface area contributed by atoms with Gasteiger partial charge in [0.05, 0.1) is 0 Å². The average Bonchev–Trinajstić information content (AvgIpc) is 3.68. The third kappa shape index (κ3) is 3.71. The first kappa shape index (κ1) is 26.8. The van der Waals surface area contributed by atoms with Crippen LogP contribution in [0.3, 0.4) is 0 Å². The molecular formula is C44H32O2. The Morgan fingerprint density at radius 2 is 1.15 bits per heavy atom. The zero-order valence-corrected chi connectivity index (χ0v) is 26.1. The summed E-state index contributed by atoms with van der Waals surface area (Å²) in [6.45, 7) is 6.61. The second-order valence-corrected chi connectivity index (χ2v) is 12.3. The van der Waals surface area contributed by atoms with Gasteiger partial charge in [0, 0.05) is 38.1 Å². The van der Waals surface area contributed by atoms with Gasteiger partial charge in [-0.1, -0.05) is 116 Å². The largest absolute Gasteiger partial charge is 0.456 e. The van der Waals surface area contributed by atoms with Crippen molar-refractivity contribution in [2.45, 2.75) is 27.2 Å². The summed E-state index contributed by atoms with van der Waals surface area (Å²) < 4.78 is 13.3. The highest BCUT2D eigenvalue weighted by atomic mass is 16.3. The van der Waals surface area contributed by atoms with Crippen LogP contribution in [0.25, 0.3) is 92.9 Å². The first-order chi connectivity index (χ1) is 22.7. The number of para-hydroxylation sites is 2. The van der Waals surface area contributed by atoms with E-state index in [0.29, 0.717) is 0 Å². The van der Waals surface area contributed by atoms with Gasteiger partial charge >= 0.3 is 0 Å². The first-order valence-electron chi connectivity index (χ1n) is 16.1. The topological polar surface area (TPSA) is 26.3 Å². The fourth-order valence-corrected chi connectivity index (χ4v) is 7.62. The second-order valence-electron chi connectivity index (χ2n) is 12.3. The van der Waals surface area contributed by atoms with Gasteiger partial charge in [-0.3, -0.25) is 0 Å². The van der Waals surface area contributed by atoms with E-state index in [1.54, 1.807) is 0 Å². The van der Waals surface area contributed by atoms with Crippen LogP contribution in [0.1, 0.15) is 32.8 Å². The van der Waals surface area contributed by atoms with Crippen molar-refractivity contribution in [3.05, 3.63) is 139 Å². The highest BCUT2D eigenvalue weighted by molar-refractivity contribution is 6.34. The van der Waals surface area contributed by atoms with Gasteiger partial charge in [0.25, 0.3) is 0 Å². The number of hydrogen-bond donors (Lipinski definition) is 0. The predicted octanol–water partition coefficient (Wildman–Crippen LogP) is 13.4.